The minimum Gasteiger partial charge on any atom is -0.382 e. The average Bonchev–Trinajstić information content (AvgIpc) is 2.29. The Labute approximate surface area is 103 Å². The van der Waals surface area contributed by atoms with Gasteiger partial charge < -0.3 is 20.1 Å². The number of hydrogen-bond acceptors (Lipinski definition) is 4. The molecular formula is C12H24N2O3. The molecule has 5 heteroatoms. The first-order chi connectivity index (χ1) is 8.01. The third-order valence-electron chi connectivity index (χ3n) is 2.87. The first-order valence-corrected chi connectivity index (χ1v) is 6.26. The molecule has 5 nitrogen and oxygen atoms in total. The molecule has 1 aliphatic heterocycles. The van der Waals surface area contributed by atoms with E-state index in [1.54, 1.807) is 13.8 Å². The van der Waals surface area contributed by atoms with E-state index >= 15 is 0 Å². The van der Waals surface area contributed by atoms with Gasteiger partial charge >= 0.3 is 0 Å². The molecule has 100 valence electrons. The SMILES string of the molecule is CCOCCCN1CC(CN)OC(C)(C)C1=O. The van der Waals surface area contributed by atoms with E-state index in [1.807, 2.05) is 11.8 Å². The molecule has 1 unspecified atom stereocenters. The van der Waals surface area contributed by atoms with Crippen LogP contribution in [0.3, 0.4) is 0 Å². The molecular weight excluding hydrogens is 220 g/mol. The third kappa shape index (κ3) is 3.94. The first kappa shape index (κ1) is 14.4. The van der Waals surface area contributed by atoms with Gasteiger partial charge in [-0.25, -0.2) is 0 Å². The van der Waals surface area contributed by atoms with E-state index in [2.05, 4.69) is 0 Å². The predicted molar refractivity (Wildman–Crippen MR) is 65.7 cm³/mol. The molecule has 2 N–H and O–H groups in total. The molecule has 1 heterocycles. The lowest BCUT2D eigenvalue weighted by Gasteiger charge is -2.41. The van der Waals surface area contributed by atoms with E-state index in [-0.39, 0.29) is 12.0 Å². The highest BCUT2D eigenvalue weighted by Gasteiger charge is 2.40. The molecule has 1 saturated heterocycles. The fraction of sp³-hybridized carbons (Fsp3) is 0.917. The summed E-state index contributed by atoms with van der Waals surface area (Å²) in [4.78, 5) is 13.9. The van der Waals surface area contributed by atoms with Crippen molar-refractivity contribution in [2.45, 2.75) is 38.9 Å². The van der Waals surface area contributed by atoms with Crippen LogP contribution in [0.5, 0.6) is 0 Å². The zero-order valence-corrected chi connectivity index (χ0v) is 11.1. The molecule has 17 heavy (non-hydrogen) atoms. The van der Waals surface area contributed by atoms with Gasteiger partial charge in [-0.15, -0.1) is 0 Å². The van der Waals surface area contributed by atoms with Crippen LogP contribution >= 0.6 is 0 Å². The maximum absolute atomic E-state index is 12.1. The molecule has 0 spiro atoms. The Hall–Kier alpha value is -0.650. The summed E-state index contributed by atoms with van der Waals surface area (Å²) >= 11 is 0. The normalized spacial score (nSPS) is 24.1. The molecule has 1 fully saturated rings. The highest BCUT2D eigenvalue weighted by atomic mass is 16.5. The van der Waals surface area contributed by atoms with Gasteiger partial charge in [0.25, 0.3) is 5.91 Å². The Kier molecular flexibility index (Phi) is 5.36. The van der Waals surface area contributed by atoms with Gasteiger partial charge in [0.05, 0.1) is 6.10 Å². The van der Waals surface area contributed by atoms with Crippen molar-refractivity contribution in [2.24, 2.45) is 5.73 Å². The van der Waals surface area contributed by atoms with Crippen molar-refractivity contribution in [3.63, 3.8) is 0 Å². The van der Waals surface area contributed by atoms with Crippen LogP contribution in [-0.4, -0.2) is 55.4 Å². The summed E-state index contributed by atoms with van der Waals surface area (Å²) < 4.78 is 10.9. The van der Waals surface area contributed by atoms with Crippen molar-refractivity contribution in [3.05, 3.63) is 0 Å². The minimum atomic E-state index is -0.756. The van der Waals surface area contributed by atoms with Crippen LogP contribution in [0.2, 0.25) is 0 Å². The van der Waals surface area contributed by atoms with Gasteiger partial charge in [0.2, 0.25) is 0 Å². The van der Waals surface area contributed by atoms with E-state index in [4.69, 9.17) is 15.2 Å². The number of rotatable bonds is 6. The van der Waals surface area contributed by atoms with Crippen LogP contribution < -0.4 is 5.73 Å². The van der Waals surface area contributed by atoms with E-state index in [9.17, 15) is 4.79 Å². The standard InChI is InChI=1S/C12H24N2O3/c1-4-16-7-5-6-14-9-10(8-13)17-12(2,3)11(14)15/h10H,4-9,13H2,1-3H3. The highest BCUT2D eigenvalue weighted by Crippen LogP contribution is 2.22. The third-order valence-corrected chi connectivity index (χ3v) is 2.87. The number of carbonyl (C=O) groups is 1. The lowest BCUT2D eigenvalue weighted by molar-refractivity contribution is -0.178. The number of nitrogens with zero attached hydrogens (tertiary/aromatic N) is 1. The van der Waals surface area contributed by atoms with Crippen LogP contribution in [0.4, 0.5) is 0 Å². The first-order valence-electron chi connectivity index (χ1n) is 6.26. The smallest absolute Gasteiger partial charge is 0.254 e. The summed E-state index contributed by atoms with van der Waals surface area (Å²) in [5.74, 6) is 0.0405. The second-order valence-electron chi connectivity index (χ2n) is 4.79. The largest absolute Gasteiger partial charge is 0.382 e. The van der Waals surface area contributed by atoms with Crippen molar-refractivity contribution in [1.29, 1.82) is 0 Å². The van der Waals surface area contributed by atoms with Gasteiger partial charge in [0.1, 0.15) is 5.60 Å². The van der Waals surface area contributed by atoms with Gasteiger partial charge in [-0.2, -0.15) is 0 Å². The fourth-order valence-corrected chi connectivity index (χ4v) is 2.03. The predicted octanol–water partition coefficient (Wildman–Crippen LogP) is 0.378. The van der Waals surface area contributed by atoms with Crippen molar-refractivity contribution in [1.82, 2.24) is 4.90 Å². The lowest BCUT2D eigenvalue weighted by atomic mass is 10.0. The minimum absolute atomic E-state index is 0.0405. The number of morpholine rings is 1. The topological polar surface area (TPSA) is 64.8 Å². The Morgan fingerprint density at radius 1 is 1.59 bits per heavy atom. The van der Waals surface area contributed by atoms with Gasteiger partial charge in [0.15, 0.2) is 0 Å². The van der Waals surface area contributed by atoms with Gasteiger partial charge in [0, 0.05) is 32.8 Å². The van der Waals surface area contributed by atoms with Crippen molar-refractivity contribution in [2.75, 3.05) is 32.8 Å². The number of amides is 1. The Morgan fingerprint density at radius 3 is 2.88 bits per heavy atom. The summed E-state index contributed by atoms with van der Waals surface area (Å²) in [7, 11) is 0. The van der Waals surface area contributed by atoms with E-state index in [0.717, 1.165) is 6.42 Å². The summed E-state index contributed by atoms with van der Waals surface area (Å²) in [6, 6.07) is 0. The Bertz CT molecular complexity index is 256. The van der Waals surface area contributed by atoms with Crippen molar-refractivity contribution >= 4 is 5.91 Å². The number of ether oxygens (including phenoxy) is 2. The molecule has 0 radical (unpaired) electrons. The Balaban J connectivity index is 2.48. The van der Waals surface area contributed by atoms with Gasteiger partial charge in [-0.3, -0.25) is 4.79 Å². The molecule has 0 bridgehead atoms. The zero-order valence-electron chi connectivity index (χ0n) is 11.1. The summed E-state index contributed by atoms with van der Waals surface area (Å²) in [6.45, 7) is 8.71. The quantitative estimate of drug-likeness (QED) is 0.686. The zero-order chi connectivity index (χ0) is 12.9. The highest BCUT2D eigenvalue weighted by molar-refractivity contribution is 5.85. The maximum Gasteiger partial charge on any atom is 0.254 e. The van der Waals surface area contributed by atoms with Crippen LogP contribution in [0.1, 0.15) is 27.2 Å². The van der Waals surface area contributed by atoms with Gasteiger partial charge in [-0.05, 0) is 27.2 Å². The maximum atomic E-state index is 12.1. The van der Waals surface area contributed by atoms with E-state index in [1.165, 1.54) is 0 Å². The summed E-state index contributed by atoms with van der Waals surface area (Å²) in [6.07, 6.45) is 0.794. The van der Waals surface area contributed by atoms with E-state index < -0.39 is 5.60 Å². The number of nitrogens with two attached hydrogens (primary N) is 1. The van der Waals surface area contributed by atoms with Crippen LogP contribution in [0, 0.1) is 0 Å². The second kappa shape index (κ2) is 6.33. The molecule has 1 atom stereocenters. The summed E-state index contributed by atoms with van der Waals surface area (Å²) in [5.41, 5.74) is 4.86. The number of carbonyl (C=O) groups excluding carboxylic acids is 1. The Morgan fingerprint density at radius 2 is 2.29 bits per heavy atom. The molecule has 0 saturated carbocycles. The average molecular weight is 244 g/mol. The molecule has 0 aromatic rings. The van der Waals surface area contributed by atoms with E-state index in [0.29, 0.717) is 32.8 Å². The number of hydrogen-bond donors (Lipinski definition) is 1. The molecule has 0 aliphatic carbocycles. The van der Waals surface area contributed by atoms with Crippen LogP contribution in [0.15, 0.2) is 0 Å². The summed E-state index contributed by atoms with van der Waals surface area (Å²) in [5, 5.41) is 0. The second-order valence-corrected chi connectivity index (χ2v) is 4.79. The lowest BCUT2D eigenvalue weighted by Crippen LogP contribution is -2.58. The van der Waals surface area contributed by atoms with Gasteiger partial charge in [-0.1, -0.05) is 0 Å². The monoisotopic (exact) mass is 244 g/mol. The molecule has 0 aromatic heterocycles. The molecule has 1 rings (SSSR count). The van der Waals surface area contributed by atoms with Crippen molar-refractivity contribution < 1.29 is 14.3 Å². The molecule has 1 aliphatic rings. The van der Waals surface area contributed by atoms with Crippen molar-refractivity contribution in [3.8, 4) is 0 Å². The molecule has 0 aromatic carbocycles. The molecule has 1 amide bonds. The van der Waals surface area contributed by atoms with Crippen LogP contribution in [0.25, 0.3) is 0 Å². The van der Waals surface area contributed by atoms with Crippen LogP contribution in [-0.2, 0) is 14.3 Å². The fourth-order valence-electron chi connectivity index (χ4n) is 2.03.